The highest BCUT2D eigenvalue weighted by atomic mass is 16.5. The predicted octanol–water partition coefficient (Wildman–Crippen LogP) is 1.20. The third kappa shape index (κ3) is 4.54. The molecule has 0 spiro atoms. The molecule has 0 saturated carbocycles. The Kier molecular flexibility index (Phi) is 5.71. The standard InChI is InChI=1S/C13H25NO3/c1-11(13-3-2-6-17-13)14-5-8-16-10-12-4-7-15-9-12/h11-14H,2-10H2,1H3. The van der Waals surface area contributed by atoms with Gasteiger partial charge in [0.1, 0.15) is 0 Å². The molecule has 4 nitrogen and oxygen atoms in total. The van der Waals surface area contributed by atoms with Crippen LogP contribution in [0.1, 0.15) is 26.2 Å². The molecule has 2 heterocycles. The molecule has 3 atom stereocenters. The molecule has 0 radical (unpaired) electrons. The van der Waals surface area contributed by atoms with Crippen molar-refractivity contribution in [3.63, 3.8) is 0 Å². The van der Waals surface area contributed by atoms with Crippen molar-refractivity contribution in [3.8, 4) is 0 Å². The summed E-state index contributed by atoms with van der Waals surface area (Å²) in [6, 6.07) is 0.441. The van der Waals surface area contributed by atoms with Gasteiger partial charge in [-0.25, -0.2) is 0 Å². The first-order valence-electron chi connectivity index (χ1n) is 6.86. The van der Waals surface area contributed by atoms with Gasteiger partial charge in [-0.15, -0.1) is 0 Å². The maximum Gasteiger partial charge on any atom is 0.0726 e. The highest BCUT2D eigenvalue weighted by molar-refractivity contribution is 4.76. The van der Waals surface area contributed by atoms with Gasteiger partial charge in [0.15, 0.2) is 0 Å². The third-order valence-corrected chi connectivity index (χ3v) is 3.61. The highest BCUT2D eigenvalue weighted by Crippen LogP contribution is 2.15. The third-order valence-electron chi connectivity index (χ3n) is 3.61. The second kappa shape index (κ2) is 7.31. The van der Waals surface area contributed by atoms with Crippen molar-refractivity contribution in [1.82, 2.24) is 5.32 Å². The lowest BCUT2D eigenvalue weighted by Crippen LogP contribution is -2.38. The Bertz CT molecular complexity index is 201. The van der Waals surface area contributed by atoms with Crippen LogP contribution >= 0.6 is 0 Å². The van der Waals surface area contributed by atoms with Crippen LogP contribution in [-0.4, -0.2) is 51.7 Å². The minimum absolute atomic E-state index is 0.401. The first kappa shape index (κ1) is 13.3. The zero-order valence-corrected chi connectivity index (χ0v) is 10.8. The van der Waals surface area contributed by atoms with E-state index in [2.05, 4.69) is 12.2 Å². The van der Waals surface area contributed by atoms with E-state index in [1.807, 2.05) is 0 Å². The van der Waals surface area contributed by atoms with Crippen LogP contribution in [0.15, 0.2) is 0 Å². The van der Waals surface area contributed by atoms with E-state index in [4.69, 9.17) is 14.2 Å². The summed E-state index contributed by atoms with van der Waals surface area (Å²) in [6.07, 6.45) is 3.95. The number of hydrogen-bond acceptors (Lipinski definition) is 4. The van der Waals surface area contributed by atoms with Gasteiger partial charge in [-0.2, -0.15) is 0 Å². The zero-order chi connectivity index (χ0) is 11.9. The van der Waals surface area contributed by atoms with E-state index in [0.717, 1.165) is 46.0 Å². The van der Waals surface area contributed by atoms with Gasteiger partial charge >= 0.3 is 0 Å². The van der Waals surface area contributed by atoms with Crippen LogP contribution in [0.5, 0.6) is 0 Å². The predicted molar refractivity (Wildman–Crippen MR) is 66.2 cm³/mol. The molecule has 0 aromatic carbocycles. The Morgan fingerprint density at radius 2 is 2.29 bits per heavy atom. The fraction of sp³-hybridized carbons (Fsp3) is 1.00. The SMILES string of the molecule is CC(NCCOCC1CCOC1)C1CCCO1. The molecule has 2 rings (SSSR count). The van der Waals surface area contributed by atoms with Crippen molar-refractivity contribution in [1.29, 1.82) is 0 Å². The number of ether oxygens (including phenoxy) is 3. The van der Waals surface area contributed by atoms with Gasteiger partial charge in [0.2, 0.25) is 0 Å². The van der Waals surface area contributed by atoms with E-state index in [1.165, 1.54) is 12.8 Å². The van der Waals surface area contributed by atoms with Crippen LogP contribution in [0.25, 0.3) is 0 Å². The van der Waals surface area contributed by atoms with Crippen molar-refractivity contribution in [2.45, 2.75) is 38.3 Å². The van der Waals surface area contributed by atoms with Gasteiger partial charge in [0.05, 0.1) is 25.9 Å². The smallest absolute Gasteiger partial charge is 0.0726 e. The van der Waals surface area contributed by atoms with Crippen LogP contribution in [0.4, 0.5) is 0 Å². The maximum atomic E-state index is 5.65. The summed E-state index contributed by atoms with van der Waals surface area (Å²) in [5.74, 6) is 0.616. The molecule has 4 heteroatoms. The molecular weight excluding hydrogens is 218 g/mol. The van der Waals surface area contributed by atoms with Gasteiger partial charge in [0, 0.05) is 31.7 Å². The lowest BCUT2D eigenvalue weighted by atomic mass is 10.1. The van der Waals surface area contributed by atoms with Crippen LogP contribution in [0, 0.1) is 5.92 Å². The van der Waals surface area contributed by atoms with Gasteiger partial charge in [0.25, 0.3) is 0 Å². The molecular formula is C13H25NO3. The number of rotatable bonds is 7. The molecule has 1 N–H and O–H groups in total. The Morgan fingerprint density at radius 1 is 1.35 bits per heavy atom. The Morgan fingerprint density at radius 3 is 3.00 bits per heavy atom. The molecule has 3 unspecified atom stereocenters. The van der Waals surface area contributed by atoms with Crippen molar-refractivity contribution in [2.24, 2.45) is 5.92 Å². The summed E-state index contributed by atoms with van der Waals surface area (Å²) in [5.41, 5.74) is 0. The summed E-state index contributed by atoms with van der Waals surface area (Å²) in [7, 11) is 0. The molecule has 2 saturated heterocycles. The van der Waals surface area contributed by atoms with Crippen molar-refractivity contribution in [3.05, 3.63) is 0 Å². The molecule has 2 aliphatic rings. The quantitative estimate of drug-likeness (QED) is 0.682. The lowest BCUT2D eigenvalue weighted by molar-refractivity contribution is 0.0693. The molecule has 17 heavy (non-hydrogen) atoms. The normalized spacial score (nSPS) is 30.9. The van der Waals surface area contributed by atoms with Crippen LogP contribution in [0.3, 0.4) is 0 Å². The van der Waals surface area contributed by atoms with Crippen molar-refractivity contribution < 1.29 is 14.2 Å². The molecule has 2 aliphatic heterocycles. The van der Waals surface area contributed by atoms with E-state index in [0.29, 0.717) is 18.1 Å². The molecule has 0 amide bonds. The Labute approximate surface area is 104 Å². The number of hydrogen-bond donors (Lipinski definition) is 1. The molecule has 2 fully saturated rings. The molecule has 100 valence electrons. The van der Waals surface area contributed by atoms with E-state index >= 15 is 0 Å². The average molecular weight is 243 g/mol. The summed E-state index contributed by atoms with van der Waals surface area (Å²) in [4.78, 5) is 0. The largest absolute Gasteiger partial charge is 0.381 e. The van der Waals surface area contributed by atoms with Gasteiger partial charge in [-0.1, -0.05) is 0 Å². The van der Waals surface area contributed by atoms with Crippen molar-refractivity contribution >= 4 is 0 Å². The Balaban J connectivity index is 1.45. The molecule has 0 aromatic rings. The topological polar surface area (TPSA) is 39.7 Å². The van der Waals surface area contributed by atoms with Crippen LogP contribution < -0.4 is 5.32 Å². The first-order chi connectivity index (χ1) is 8.36. The van der Waals surface area contributed by atoms with Crippen LogP contribution in [-0.2, 0) is 14.2 Å². The van der Waals surface area contributed by atoms with Gasteiger partial charge < -0.3 is 19.5 Å². The summed E-state index contributed by atoms with van der Waals surface area (Å²) < 4.78 is 16.6. The Hall–Kier alpha value is -0.160. The summed E-state index contributed by atoms with van der Waals surface area (Å²) in [5, 5.41) is 3.47. The monoisotopic (exact) mass is 243 g/mol. The second-order valence-corrected chi connectivity index (χ2v) is 5.10. The summed E-state index contributed by atoms with van der Waals surface area (Å²) in [6.45, 7) is 7.44. The van der Waals surface area contributed by atoms with Gasteiger partial charge in [-0.05, 0) is 26.2 Å². The zero-order valence-electron chi connectivity index (χ0n) is 10.8. The maximum absolute atomic E-state index is 5.65. The van der Waals surface area contributed by atoms with E-state index < -0.39 is 0 Å². The van der Waals surface area contributed by atoms with E-state index in [9.17, 15) is 0 Å². The average Bonchev–Trinajstić information content (AvgIpc) is 3.01. The highest BCUT2D eigenvalue weighted by Gasteiger charge is 2.21. The fourth-order valence-electron chi connectivity index (χ4n) is 2.45. The van der Waals surface area contributed by atoms with Gasteiger partial charge in [-0.3, -0.25) is 0 Å². The first-order valence-corrected chi connectivity index (χ1v) is 6.86. The van der Waals surface area contributed by atoms with Crippen molar-refractivity contribution in [2.75, 3.05) is 39.6 Å². The fourth-order valence-corrected chi connectivity index (χ4v) is 2.45. The van der Waals surface area contributed by atoms with E-state index in [-0.39, 0.29) is 0 Å². The van der Waals surface area contributed by atoms with E-state index in [1.54, 1.807) is 0 Å². The molecule has 0 bridgehead atoms. The number of nitrogens with one attached hydrogen (secondary N) is 1. The second-order valence-electron chi connectivity index (χ2n) is 5.10. The lowest BCUT2D eigenvalue weighted by Gasteiger charge is -2.20. The minimum atomic E-state index is 0.401. The molecule has 0 aromatic heterocycles. The summed E-state index contributed by atoms with van der Waals surface area (Å²) >= 11 is 0. The minimum Gasteiger partial charge on any atom is -0.381 e. The van der Waals surface area contributed by atoms with Crippen LogP contribution in [0.2, 0.25) is 0 Å². The molecule has 0 aliphatic carbocycles.